The van der Waals surface area contributed by atoms with Crippen LogP contribution in [0.3, 0.4) is 0 Å². The van der Waals surface area contributed by atoms with Crippen molar-refractivity contribution in [3.63, 3.8) is 0 Å². The third-order valence-electron chi connectivity index (χ3n) is 4.42. The summed E-state index contributed by atoms with van der Waals surface area (Å²) in [4.78, 5) is 0. The highest BCUT2D eigenvalue weighted by molar-refractivity contribution is 4.99. The first-order valence-electron chi connectivity index (χ1n) is 7.08. The van der Waals surface area contributed by atoms with E-state index in [2.05, 4.69) is 53.6 Å². The largest absolute Gasteiger partial charge is 0.326 e. The summed E-state index contributed by atoms with van der Waals surface area (Å²) in [5, 5.41) is 0. The van der Waals surface area contributed by atoms with E-state index in [0.717, 1.165) is 21.9 Å². The van der Waals surface area contributed by atoms with Crippen LogP contribution < -0.4 is 0 Å². The fourth-order valence-corrected chi connectivity index (χ4v) is 1.65. The zero-order chi connectivity index (χ0) is 13.4. The Morgan fingerprint density at radius 3 is 1.59 bits per heavy atom. The number of quaternary nitrogens is 2. The van der Waals surface area contributed by atoms with Gasteiger partial charge in [-0.25, -0.2) is 0 Å². The Balaban J connectivity index is 4.06. The third kappa shape index (κ3) is 6.10. The second kappa shape index (κ2) is 7.74. The van der Waals surface area contributed by atoms with Gasteiger partial charge >= 0.3 is 0 Å². The van der Waals surface area contributed by atoms with E-state index in [1.807, 2.05) is 0 Å². The molecule has 100 valence electrons. The van der Waals surface area contributed by atoms with Gasteiger partial charge in [-0.15, -0.1) is 0 Å². The molecular weight excluding hydrogens is 208 g/mol. The molecule has 2 nitrogen and oxygen atoms in total. The predicted molar refractivity (Wildman–Crippen MR) is 76.7 cm³/mol. The Morgan fingerprint density at radius 2 is 1.18 bits per heavy atom. The molecule has 0 aliphatic carbocycles. The van der Waals surface area contributed by atoms with Gasteiger partial charge in [-0.3, -0.25) is 0 Å². The van der Waals surface area contributed by atoms with Crippen molar-refractivity contribution in [3.05, 3.63) is 0 Å². The number of rotatable bonds is 7. The van der Waals surface area contributed by atoms with Crippen LogP contribution in [-0.2, 0) is 0 Å². The molecule has 0 saturated heterocycles. The number of hydrogen-bond acceptors (Lipinski definition) is 0. The Morgan fingerprint density at radius 1 is 0.706 bits per heavy atom. The smallest absolute Gasteiger partial charge is 0.140 e. The van der Waals surface area contributed by atoms with Crippen molar-refractivity contribution in [3.8, 4) is 11.8 Å². The molecular formula is C15H32N2+2. The summed E-state index contributed by atoms with van der Waals surface area (Å²) in [7, 11) is 4.60. The number of nitrogens with zero attached hydrogens (tertiary/aromatic N) is 2. The van der Waals surface area contributed by atoms with Crippen LogP contribution in [0.1, 0.15) is 34.1 Å². The molecule has 0 saturated carbocycles. The molecule has 0 atom stereocenters. The maximum atomic E-state index is 3.36. The fourth-order valence-electron chi connectivity index (χ4n) is 1.65. The molecule has 0 radical (unpaired) electrons. The van der Waals surface area contributed by atoms with Crippen molar-refractivity contribution in [2.45, 2.75) is 34.1 Å². The monoisotopic (exact) mass is 240 g/mol. The first-order valence-corrected chi connectivity index (χ1v) is 7.08. The van der Waals surface area contributed by atoms with Crippen LogP contribution in [0.5, 0.6) is 0 Å². The summed E-state index contributed by atoms with van der Waals surface area (Å²) in [6, 6.07) is 0. The average molecular weight is 240 g/mol. The van der Waals surface area contributed by atoms with Crippen LogP contribution in [0, 0.1) is 11.8 Å². The van der Waals surface area contributed by atoms with E-state index in [1.165, 1.54) is 32.7 Å². The third-order valence-corrected chi connectivity index (χ3v) is 4.42. The molecule has 0 heterocycles. The summed E-state index contributed by atoms with van der Waals surface area (Å²) in [5.74, 6) is 6.71. The molecule has 0 unspecified atom stereocenters. The second-order valence-electron chi connectivity index (χ2n) is 5.49. The van der Waals surface area contributed by atoms with Gasteiger partial charge in [0.1, 0.15) is 6.54 Å². The maximum Gasteiger partial charge on any atom is 0.140 e. The van der Waals surface area contributed by atoms with Crippen molar-refractivity contribution >= 4 is 0 Å². The van der Waals surface area contributed by atoms with E-state index < -0.39 is 0 Å². The normalized spacial score (nSPS) is 12.1. The zero-order valence-electron chi connectivity index (χ0n) is 12.8. The Hall–Kier alpha value is -0.520. The first-order chi connectivity index (χ1) is 7.95. The first kappa shape index (κ1) is 16.5. The standard InChI is InChI=1S/C15H32N2/c1-7-16(5,8-2)14-12-11-13-15-17(6,9-3)10-4/h7-10,12,14-15H2,1-6H3/q+2. The van der Waals surface area contributed by atoms with E-state index in [-0.39, 0.29) is 0 Å². The molecule has 0 fully saturated rings. The van der Waals surface area contributed by atoms with E-state index in [4.69, 9.17) is 0 Å². The topological polar surface area (TPSA) is 0 Å². The minimum atomic E-state index is 0.995. The van der Waals surface area contributed by atoms with Crippen molar-refractivity contribution in [2.24, 2.45) is 0 Å². The molecule has 0 N–H and O–H groups in total. The van der Waals surface area contributed by atoms with Crippen LogP contribution in [0.2, 0.25) is 0 Å². The SMILES string of the molecule is CC[N+](C)(CC)CC#CCC[N+](C)(CC)CC. The Kier molecular flexibility index (Phi) is 7.50. The predicted octanol–water partition coefficient (Wildman–Crippen LogP) is 2.35. The van der Waals surface area contributed by atoms with Crippen LogP contribution in [0.25, 0.3) is 0 Å². The molecule has 17 heavy (non-hydrogen) atoms. The van der Waals surface area contributed by atoms with Gasteiger partial charge in [0.05, 0.1) is 53.2 Å². The lowest BCUT2D eigenvalue weighted by molar-refractivity contribution is -0.905. The summed E-state index contributed by atoms with van der Waals surface area (Å²) in [6.07, 6.45) is 1.03. The summed E-state index contributed by atoms with van der Waals surface area (Å²) in [5.41, 5.74) is 0. The van der Waals surface area contributed by atoms with Crippen LogP contribution >= 0.6 is 0 Å². The quantitative estimate of drug-likeness (QED) is 0.473. The highest BCUT2D eigenvalue weighted by atomic mass is 15.3. The molecule has 2 heteroatoms. The van der Waals surface area contributed by atoms with Gasteiger partial charge < -0.3 is 8.97 Å². The lowest BCUT2D eigenvalue weighted by Crippen LogP contribution is -2.44. The van der Waals surface area contributed by atoms with Crippen LogP contribution in [-0.4, -0.2) is 62.3 Å². The van der Waals surface area contributed by atoms with Crippen molar-refractivity contribution in [1.82, 2.24) is 0 Å². The van der Waals surface area contributed by atoms with Gasteiger partial charge in [0.25, 0.3) is 0 Å². The van der Waals surface area contributed by atoms with Gasteiger partial charge in [0, 0.05) is 0 Å². The van der Waals surface area contributed by atoms with Crippen LogP contribution in [0.4, 0.5) is 0 Å². The summed E-state index contributed by atoms with van der Waals surface area (Å²) >= 11 is 0. The van der Waals surface area contributed by atoms with Gasteiger partial charge in [0.2, 0.25) is 0 Å². The minimum absolute atomic E-state index is 0.995. The van der Waals surface area contributed by atoms with Gasteiger partial charge in [-0.1, -0.05) is 5.92 Å². The van der Waals surface area contributed by atoms with Gasteiger partial charge in [-0.2, -0.15) is 0 Å². The molecule has 0 aromatic rings. The minimum Gasteiger partial charge on any atom is -0.326 e. The average Bonchev–Trinajstić information content (AvgIpc) is 2.37. The fraction of sp³-hybridized carbons (Fsp3) is 0.867. The Labute approximate surface area is 109 Å². The summed E-state index contributed by atoms with van der Waals surface area (Å²) < 4.78 is 2.21. The molecule has 0 amide bonds. The molecule has 0 aliphatic rings. The Bertz CT molecular complexity index is 252. The number of hydrogen-bond donors (Lipinski definition) is 0. The van der Waals surface area contributed by atoms with Crippen LogP contribution in [0.15, 0.2) is 0 Å². The molecule has 0 aliphatic heterocycles. The van der Waals surface area contributed by atoms with Gasteiger partial charge in [-0.05, 0) is 33.6 Å². The van der Waals surface area contributed by atoms with E-state index >= 15 is 0 Å². The van der Waals surface area contributed by atoms with E-state index in [9.17, 15) is 0 Å². The second-order valence-corrected chi connectivity index (χ2v) is 5.49. The molecule has 0 aromatic carbocycles. The maximum absolute atomic E-state index is 3.36. The molecule has 0 spiro atoms. The highest BCUT2D eigenvalue weighted by Crippen LogP contribution is 2.02. The van der Waals surface area contributed by atoms with E-state index in [1.54, 1.807) is 0 Å². The van der Waals surface area contributed by atoms with E-state index in [0.29, 0.717) is 0 Å². The highest BCUT2D eigenvalue weighted by Gasteiger charge is 2.15. The molecule has 0 rings (SSSR count). The lowest BCUT2D eigenvalue weighted by Gasteiger charge is -2.31. The van der Waals surface area contributed by atoms with Crippen molar-refractivity contribution in [2.75, 3.05) is 53.4 Å². The zero-order valence-corrected chi connectivity index (χ0v) is 12.8. The lowest BCUT2D eigenvalue weighted by atomic mass is 10.3. The molecule has 0 aromatic heterocycles. The van der Waals surface area contributed by atoms with Crippen molar-refractivity contribution in [1.29, 1.82) is 0 Å². The summed E-state index contributed by atoms with van der Waals surface area (Å²) in [6.45, 7) is 15.9. The molecule has 0 bridgehead atoms. The van der Waals surface area contributed by atoms with Gasteiger partial charge in [0.15, 0.2) is 0 Å². The van der Waals surface area contributed by atoms with Crippen molar-refractivity contribution < 1.29 is 8.97 Å².